The van der Waals surface area contributed by atoms with Gasteiger partial charge in [0, 0.05) is 29.9 Å². The molecule has 7 nitrogen and oxygen atoms in total. The maximum Gasteiger partial charge on any atom is 0.270 e. The number of nitro groups is 1. The first kappa shape index (κ1) is 15.2. The number of nitrogens with two attached hydrogens (primary N) is 2. The highest BCUT2D eigenvalue weighted by molar-refractivity contribution is 6.02. The second-order valence-electron chi connectivity index (χ2n) is 5.20. The van der Waals surface area contributed by atoms with Crippen molar-refractivity contribution in [1.82, 2.24) is 4.90 Å². The number of non-ortho nitro benzene ring substituents is 1. The number of nitrogen functional groups attached to an aromatic ring is 1. The van der Waals surface area contributed by atoms with Crippen LogP contribution in [0.15, 0.2) is 23.2 Å². The molecule has 1 saturated heterocycles. The number of rotatable bonds is 5. The van der Waals surface area contributed by atoms with E-state index >= 15 is 0 Å². The molecule has 0 amide bonds. The molecule has 7 heteroatoms. The highest BCUT2D eigenvalue weighted by Crippen LogP contribution is 2.19. The zero-order chi connectivity index (χ0) is 15.2. The average Bonchev–Trinajstić information content (AvgIpc) is 2.48. The van der Waals surface area contributed by atoms with Gasteiger partial charge in [-0.05, 0) is 32.0 Å². The van der Waals surface area contributed by atoms with Gasteiger partial charge in [0.05, 0.1) is 11.5 Å². The van der Waals surface area contributed by atoms with Gasteiger partial charge in [0.1, 0.15) is 5.84 Å². The van der Waals surface area contributed by atoms with E-state index < -0.39 is 4.92 Å². The van der Waals surface area contributed by atoms with Crippen LogP contribution in [-0.2, 0) is 0 Å². The van der Waals surface area contributed by atoms with Crippen molar-refractivity contribution in [2.24, 2.45) is 10.7 Å². The molecule has 0 bridgehead atoms. The fraction of sp³-hybridized carbons (Fsp3) is 0.500. The zero-order valence-corrected chi connectivity index (χ0v) is 12.0. The van der Waals surface area contributed by atoms with Crippen LogP contribution in [0.25, 0.3) is 0 Å². The first-order valence-electron chi connectivity index (χ1n) is 7.14. The molecule has 4 N–H and O–H groups in total. The van der Waals surface area contributed by atoms with Crippen LogP contribution in [0.3, 0.4) is 0 Å². The number of aliphatic imine (C=N–C) groups is 1. The lowest BCUT2D eigenvalue weighted by Gasteiger charge is -2.25. The Bertz CT molecular complexity index is 538. The normalized spacial score (nSPS) is 16.9. The lowest BCUT2D eigenvalue weighted by molar-refractivity contribution is -0.384. The van der Waals surface area contributed by atoms with Gasteiger partial charge in [-0.3, -0.25) is 15.1 Å². The van der Waals surface area contributed by atoms with Crippen molar-refractivity contribution >= 4 is 17.2 Å². The predicted octanol–water partition coefficient (Wildman–Crippen LogP) is 1.37. The number of benzene rings is 1. The quantitative estimate of drug-likeness (QED) is 0.280. The number of anilines is 1. The highest BCUT2D eigenvalue weighted by atomic mass is 16.6. The fourth-order valence-electron chi connectivity index (χ4n) is 2.46. The van der Waals surface area contributed by atoms with Crippen LogP contribution < -0.4 is 11.5 Å². The second-order valence-corrected chi connectivity index (χ2v) is 5.20. The summed E-state index contributed by atoms with van der Waals surface area (Å²) >= 11 is 0. The first-order valence-corrected chi connectivity index (χ1v) is 7.14. The van der Waals surface area contributed by atoms with E-state index in [4.69, 9.17) is 11.5 Å². The number of nitro benzene ring substituents is 1. The fourth-order valence-corrected chi connectivity index (χ4v) is 2.46. The largest absolute Gasteiger partial charge is 0.398 e. The highest BCUT2D eigenvalue weighted by Gasteiger charge is 2.12. The minimum absolute atomic E-state index is 0.0339. The van der Waals surface area contributed by atoms with Gasteiger partial charge in [0.25, 0.3) is 5.69 Å². The number of hydrogen-bond donors (Lipinski definition) is 2. The summed E-state index contributed by atoms with van der Waals surface area (Å²) in [6.45, 7) is 3.65. The molecule has 1 aromatic carbocycles. The molecule has 114 valence electrons. The van der Waals surface area contributed by atoms with Crippen molar-refractivity contribution in [3.8, 4) is 0 Å². The van der Waals surface area contributed by atoms with Gasteiger partial charge in [-0.1, -0.05) is 6.42 Å². The standard InChI is InChI=1S/C14H21N5O2/c15-13-5-4-11(19(20)21)10-12(13)14(16)17-6-9-18-7-2-1-3-8-18/h4-5,10H,1-3,6-9,15H2,(H2,16,17). The minimum Gasteiger partial charge on any atom is -0.398 e. The van der Waals surface area contributed by atoms with Crippen molar-refractivity contribution < 1.29 is 4.92 Å². The number of amidine groups is 1. The molecule has 0 unspecified atom stereocenters. The maximum absolute atomic E-state index is 10.8. The van der Waals surface area contributed by atoms with Crippen LogP contribution in [0, 0.1) is 10.1 Å². The third kappa shape index (κ3) is 4.16. The molecule has 21 heavy (non-hydrogen) atoms. The average molecular weight is 291 g/mol. The first-order chi connectivity index (χ1) is 10.1. The van der Waals surface area contributed by atoms with E-state index in [1.807, 2.05) is 0 Å². The molecule has 0 aliphatic carbocycles. The monoisotopic (exact) mass is 291 g/mol. The van der Waals surface area contributed by atoms with Crippen molar-refractivity contribution in [2.45, 2.75) is 19.3 Å². The summed E-state index contributed by atoms with van der Waals surface area (Å²) in [6, 6.07) is 4.22. The Morgan fingerprint density at radius 3 is 2.71 bits per heavy atom. The van der Waals surface area contributed by atoms with Gasteiger partial charge >= 0.3 is 0 Å². The summed E-state index contributed by atoms with van der Waals surface area (Å²) in [5.74, 6) is 0.258. The van der Waals surface area contributed by atoms with Crippen molar-refractivity contribution in [3.63, 3.8) is 0 Å². The molecule has 0 aromatic heterocycles. The lowest BCUT2D eigenvalue weighted by Crippen LogP contribution is -2.32. The Morgan fingerprint density at radius 1 is 1.33 bits per heavy atom. The van der Waals surface area contributed by atoms with Crippen LogP contribution in [0.4, 0.5) is 11.4 Å². The van der Waals surface area contributed by atoms with Crippen molar-refractivity contribution in [2.75, 3.05) is 31.9 Å². The molecular weight excluding hydrogens is 270 g/mol. The Morgan fingerprint density at radius 2 is 2.05 bits per heavy atom. The molecule has 1 aliphatic rings. The van der Waals surface area contributed by atoms with Crippen LogP contribution in [-0.4, -0.2) is 41.8 Å². The van der Waals surface area contributed by atoms with E-state index in [0.717, 1.165) is 19.6 Å². The summed E-state index contributed by atoms with van der Waals surface area (Å²) in [6.07, 6.45) is 3.76. The van der Waals surface area contributed by atoms with Crippen LogP contribution in [0.2, 0.25) is 0 Å². The summed E-state index contributed by atoms with van der Waals surface area (Å²) in [4.78, 5) is 17.0. The molecule has 1 aliphatic heterocycles. The van der Waals surface area contributed by atoms with E-state index in [-0.39, 0.29) is 11.5 Å². The number of hydrogen-bond acceptors (Lipinski definition) is 5. The smallest absolute Gasteiger partial charge is 0.270 e. The van der Waals surface area contributed by atoms with E-state index in [0.29, 0.717) is 17.8 Å². The summed E-state index contributed by atoms with van der Waals surface area (Å²) in [5.41, 5.74) is 12.5. The molecule has 2 rings (SSSR count). The van der Waals surface area contributed by atoms with Crippen LogP contribution in [0.1, 0.15) is 24.8 Å². The Kier molecular flexibility index (Phi) is 5.10. The van der Waals surface area contributed by atoms with E-state index in [1.165, 1.54) is 37.5 Å². The summed E-state index contributed by atoms with van der Waals surface area (Å²) in [7, 11) is 0. The summed E-state index contributed by atoms with van der Waals surface area (Å²) in [5, 5.41) is 10.8. The third-order valence-corrected chi connectivity index (χ3v) is 3.67. The van der Waals surface area contributed by atoms with Gasteiger partial charge in [0.2, 0.25) is 0 Å². The molecule has 0 radical (unpaired) electrons. The topological polar surface area (TPSA) is 111 Å². The summed E-state index contributed by atoms with van der Waals surface area (Å²) < 4.78 is 0. The maximum atomic E-state index is 10.8. The number of nitrogens with zero attached hydrogens (tertiary/aromatic N) is 3. The molecule has 0 atom stereocenters. The Hall–Kier alpha value is -2.15. The van der Waals surface area contributed by atoms with Gasteiger partial charge in [-0.15, -0.1) is 0 Å². The van der Waals surface area contributed by atoms with Crippen LogP contribution >= 0.6 is 0 Å². The molecule has 0 saturated carbocycles. The number of likely N-dealkylation sites (tertiary alicyclic amines) is 1. The van der Waals surface area contributed by atoms with Gasteiger partial charge < -0.3 is 16.4 Å². The number of piperidine rings is 1. The molecule has 1 heterocycles. The van der Waals surface area contributed by atoms with E-state index in [1.54, 1.807) is 0 Å². The SMILES string of the molecule is NC(=NCCN1CCCCC1)c1cc([N+](=O)[O-])ccc1N. The van der Waals surface area contributed by atoms with Crippen LogP contribution in [0.5, 0.6) is 0 Å². The molecular formula is C14H21N5O2. The van der Waals surface area contributed by atoms with Crippen molar-refractivity contribution in [3.05, 3.63) is 33.9 Å². The second kappa shape index (κ2) is 7.03. The molecule has 1 aromatic rings. The lowest BCUT2D eigenvalue weighted by atomic mass is 10.1. The molecule has 0 spiro atoms. The zero-order valence-electron chi connectivity index (χ0n) is 12.0. The van der Waals surface area contributed by atoms with Gasteiger partial charge in [0.15, 0.2) is 0 Å². The van der Waals surface area contributed by atoms with Gasteiger partial charge in [-0.2, -0.15) is 0 Å². The predicted molar refractivity (Wildman–Crippen MR) is 83.4 cm³/mol. The minimum atomic E-state index is -0.468. The van der Waals surface area contributed by atoms with Gasteiger partial charge in [-0.25, -0.2) is 0 Å². The molecule has 1 fully saturated rings. The van der Waals surface area contributed by atoms with E-state index in [9.17, 15) is 10.1 Å². The Balaban J connectivity index is 2.00. The third-order valence-electron chi connectivity index (χ3n) is 3.67. The Labute approximate surface area is 123 Å². The van der Waals surface area contributed by atoms with Crippen molar-refractivity contribution in [1.29, 1.82) is 0 Å². The van der Waals surface area contributed by atoms with E-state index in [2.05, 4.69) is 9.89 Å².